The lowest BCUT2D eigenvalue weighted by molar-refractivity contribution is -0.121. The maximum absolute atomic E-state index is 11.9. The minimum absolute atomic E-state index is 0.0390. The summed E-state index contributed by atoms with van der Waals surface area (Å²) in [6.45, 7) is 0.943. The largest absolute Gasteiger partial charge is 0.493 e. The highest BCUT2D eigenvalue weighted by molar-refractivity contribution is 6.31. The van der Waals surface area contributed by atoms with Crippen LogP contribution in [0.4, 0.5) is 5.69 Å². The molecule has 2 aromatic carbocycles. The SMILES string of the molecule is COc1ccc(NCCC(=O)NCc2ccccc2Cl)cc1OC. The van der Waals surface area contributed by atoms with Crippen LogP contribution in [0.3, 0.4) is 0 Å². The van der Waals surface area contributed by atoms with E-state index in [9.17, 15) is 4.79 Å². The van der Waals surface area contributed by atoms with Crippen molar-refractivity contribution in [2.75, 3.05) is 26.1 Å². The quantitative estimate of drug-likeness (QED) is 0.766. The number of rotatable bonds is 8. The fraction of sp³-hybridized carbons (Fsp3) is 0.278. The van der Waals surface area contributed by atoms with Crippen molar-refractivity contribution >= 4 is 23.2 Å². The van der Waals surface area contributed by atoms with Crippen molar-refractivity contribution in [2.45, 2.75) is 13.0 Å². The molecule has 24 heavy (non-hydrogen) atoms. The normalized spacial score (nSPS) is 10.1. The van der Waals surface area contributed by atoms with Crippen molar-refractivity contribution < 1.29 is 14.3 Å². The molecule has 0 aromatic heterocycles. The van der Waals surface area contributed by atoms with Crippen molar-refractivity contribution in [3.8, 4) is 11.5 Å². The zero-order chi connectivity index (χ0) is 17.4. The van der Waals surface area contributed by atoms with Gasteiger partial charge < -0.3 is 20.1 Å². The summed E-state index contributed by atoms with van der Waals surface area (Å²) in [6.07, 6.45) is 0.360. The average Bonchev–Trinajstić information content (AvgIpc) is 2.61. The molecule has 0 radical (unpaired) electrons. The lowest BCUT2D eigenvalue weighted by Gasteiger charge is -2.11. The van der Waals surface area contributed by atoms with Crippen LogP contribution < -0.4 is 20.1 Å². The summed E-state index contributed by atoms with van der Waals surface area (Å²) < 4.78 is 10.4. The van der Waals surface area contributed by atoms with Crippen molar-refractivity contribution in [3.63, 3.8) is 0 Å². The molecule has 0 aliphatic heterocycles. The molecular formula is C18H21ClN2O3. The molecule has 5 nitrogen and oxygen atoms in total. The molecule has 1 amide bonds. The van der Waals surface area contributed by atoms with Crippen LogP contribution in [-0.4, -0.2) is 26.7 Å². The van der Waals surface area contributed by atoms with E-state index in [1.807, 2.05) is 42.5 Å². The Hall–Kier alpha value is -2.40. The van der Waals surface area contributed by atoms with Gasteiger partial charge in [-0.15, -0.1) is 0 Å². The lowest BCUT2D eigenvalue weighted by atomic mass is 10.2. The molecule has 2 N–H and O–H groups in total. The first-order valence-electron chi connectivity index (χ1n) is 7.60. The van der Waals surface area contributed by atoms with Crippen molar-refractivity contribution in [1.82, 2.24) is 5.32 Å². The number of anilines is 1. The van der Waals surface area contributed by atoms with Gasteiger partial charge in [0, 0.05) is 36.3 Å². The van der Waals surface area contributed by atoms with Crippen molar-refractivity contribution in [3.05, 3.63) is 53.1 Å². The predicted octanol–water partition coefficient (Wildman–Crippen LogP) is 3.48. The molecule has 0 saturated carbocycles. The smallest absolute Gasteiger partial charge is 0.222 e. The van der Waals surface area contributed by atoms with Crippen LogP contribution >= 0.6 is 11.6 Å². The van der Waals surface area contributed by atoms with Crippen molar-refractivity contribution in [1.29, 1.82) is 0 Å². The Morgan fingerprint density at radius 1 is 1.08 bits per heavy atom. The fourth-order valence-electron chi connectivity index (χ4n) is 2.19. The van der Waals surface area contributed by atoms with E-state index < -0.39 is 0 Å². The zero-order valence-corrected chi connectivity index (χ0v) is 14.5. The van der Waals surface area contributed by atoms with Gasteiger partial charge in [-0.2, -0.15) is 0 Å². The number of halogens is 1. The lowest BCUT2D eigenvalue weighted by Crippen LogP contribution is -2.25. The number of hydrogen-bond acceptors (Lipinski definition) is 4. The Morgan fingerprint density at radius 2 is 1.83 bits per heavy atom. The molecule has 0 spiro atoms. The second kappa shape index (κ2) is 9.03. The van der Waals surface area contributed by atoms with Crippen molar-refractivity contribution in [2.24, 2.45) is 0 Å². The Labute approximate surface area is 146 Å². The van der Waals surface area contributed by atoms with Crippen LogP contribution in [0.2, 0.25) is 5.02 Å². The van der Waals surface area contributed by atoms with E-state index in [4.69, 9.17) is 21.1 Å². The molecular weight excluding hydrogens is 328 g/mol. The summed E-state index contributed by atoms with van der Waals surface area (Å²) in [7, 11) is 3.18. The summed E-state index contributed by atoms with van der Waals surface area (Å²) >= 11 is 6.06. The Bertz CT molecular complexity index is 692. The van der Waals surface area contributed by atoms with Gasteiger partial charge in [0.2, 0.25) is 5.91 Å². The number of amides is 1. The third-order valence-corrected chi connectivity index (χ3v) is 3.87. The maximum Gasteiger partial charge on any atom is 0.222 e. The molecule has 2 rings (SSSR count). The molecule has 0 bridgehead atoms. The number of benzene rings is 2. The topological polar surface area (TPSA) is 59.6 Å². The van der Waals surface area contributed by atoms with E-state index in [2.05, 4.69) is 10.6 Å². The predicted molar refractivity (Wildman–Crippen MR) is 96.0 cm³/mol. The van der Waals surface area contributed by atoms with E-state index in [1.54, 1.807) is 14.2 Å². The van der Waals surface area contributed by atoms with Gasteiger partial charge in [0.15, 0.2) is 11.5 Å². The molecule has 0 fully saturated rings. The van der Waals surface area contributed by atoms with Crippen LogP contribution in [0.5, 0.6) is 11.5 Å². The van der Waals surface area contributed by atoms with Gasteiger partial charge in [0.25, 0.3) is 0 Å². The fourth-order valence-corrected chi connectivity index (χ4v) is 2.39. The molecule has 0 aliphatic carbocycles. The first-order valence-corrected chi connectivity index (χ1v) is 7.98. The number of ether oxygens (including phenoxy) is 2. The Balaban J connectivity index is 1.77. The second-order valence-electron chi connectivity index (χ2n) is 5.11. The minimum Gasteiger partial charge on any atom is -0.493 e. The summed E-state index contributed by atoms with van der Waals surface area (Å²) in [5.74, 6) is 1.27. The molecule has 0 heterocycles. The summed E-state index contributed by atoms with van der Waals surface area (Å²) in [5.41, 5.74) is 1.77. The first kappa shape index (κ1) is 17.9. The Morgan fingerprint density at radius 3 is 2.54 bits per heavy atom. The van der Waals surface area contributed by atoms with Gasteiger partial charge in [0.1, 0.15) is 0 Å². The van der Waals surface area contributed by atoms with E-state index in [0.29, 0.717) is 36.0 Å². The summed E-state index contributed by atoms with van der Waals surface area (Å²) in [5, 5.41) is 6.70. The summed E-state index contributed by atoms with van der Waals surface area (Å²) in [4.78, 5) is 11.9. The van der Waals surface area contributed by atoms with Gasteiger partial charge in [-0.25, -0.2) is 0 Å². The van der Waals surface area contributed by atoms with Gasteiger partial charge in [-0.05, 0) is 23.8 Å². The zero-order valence-electron chi connectivity index (χ0n) is 13.8. The van der Waals surface area contributed by atoms with Gasteiger partial charge in [-0.1, -0.05) is 29.8 Å². The maximum atomic E-state index is 11.9. The Kier molecular flexibility index (Phi) is 6.75. The molecule has 128 valence electrons. The highest BCUT2D eigenvalue weighted by Gasteiger charge is 2.06. The van der Waals surface area contributed by atoms with E-state index >= 15 is 0 Å². The third kappa shape index (κ3) is 5.06. The number of carbonyl (C=O) groups excluding carboxylic acids is 1. The molecule has 0 atom stereocenters. The van der Waals surface area contributed by atoms with Crippen LogP contribution in [0.15, 0.2) is 42.5 Å². The number of hydrogen-bond donors (Lipinski definition) is 2. The number of carbonyl (C=O) groups is 1. The average molecular weight is 349 g/mol. The van der Waals surface area contributed by atoms with E-state index in [0.717, 1.165) is 11.3 Å². The highest BCUT2D eigenvalue weighted by Crippen LogP contribution is 2.29. The number of methoxy groups -OCH3 is 2. The monoisotopic (exact) mass is 348 g/mol. The van der Waals surface area contributed by atoms with Gasteiger partial charge in [-0.3, -0.25) is 4.79 Å². The molecule has 0 aliphatic rings. The van der Waals surface area contributed by atoms with Gasteiger partial charge in [0.05, 0.1) is 14.2 Å². The van der Waals surface area contributed by atoms with Crippen LogP contribution in [0, 0.1) is 0 Å². The molecule has 0 saturated heterocycles. The van der Waals surface area contributed by atoms with Crippen LogP contribution in [0.25, 0.3) is 0 Å². The standard InChI is InChI=1S/C18H21ClN2O3/c1-23-16-8-7-14(11-17(16)24-2)20-10-9-18(22)21-12-13-5-3-4-6-15(13)19/h3-8,11,20H,9-10,12H2,1-2H3,(H,21,22). The van der Waals surface area contributed by atoms with E-state index in [-0.39, 0.29) is 5.91 Å². The van der Waals surface area contributed by atoms with Crippen LogP contribution in [-0.2, 0) is 11.3 Å². The third-order valence-electron chi connectivity index (χ3n) is 3.50. The second-order valence-corrected chi connectivity index (χ2v) is 5.52. The molecule has 0 unspecified atom stereocenters. The molecule has 2 aromatic rings. The first-order chi connectivity index (χ1) is 11.6. The highest BCUT2D eigenvalue weighted by atomic mass is 35.5. The van der Waals surface area contributed by atoms with Gasteiger partial charge >= 0.3 is 0 Å². The number of nitrogens with one attached hydrogen (secondary N) is 2. The van der Waals surface area contributed by atoms with Crippen LogP contribution in [0.1, 0.15) is 12.0 Å². The minimum atomic E-state index is -0.0390. The molecule has 6 heteroatoms. The van der Waals surface area contributed by atoms with E-state index in [1.165, 1.54) is 0 Å². The summed E-state index contributed by atoms with van der Waals surface area (Å²) in [6, 6.07) is 13.0.